The molecule has 0 aliphatic carbocycles. The number of nitrogens with one attached hydrogen (secondary N) is 1. The van der Waals surface area contributed by atoms with Gasteiger partial charge >= 0.3 is 0 Å². The largest absolute Gasteiger partial charge is 0.505 e. The molecule has 0 radical (unpaired) electrons. The van der Waals surface area contributed by atoms with E-state index in [9.17, 15) is 4.39 Å². The maximum absolute atomic E-state index is 13.3. The third-order valence-corrected chi connectivity index (χ3v) is 3.06. The zero-order valence-electron chi connectivity index (χ0n) is 9.77. The van der Waals surface area contributed by atoms with Gasteiger partial charge in [-0.05, 0) is 35.9 Å². The van der Waals surface area contributed by atoms with Crippen LogP contribution in [0.1, 0.15) is 11.6 Å². The Bertz CT molecular complexity index is 640. The predicted octanol–water partition coefficient (Wildman–Crippen LogP) is 3.97. The maximum Gasteiger partial charge on any atom is 0.165 e. The summed E-state index contributed by atoms with van der Waals surface area (Å²) in [5.74, 6) is -1.17. The molecule has 0 aromatic heterocycles. The fourth-order valence-electron chi connectivity index (χ4n) is 1.64. The molecule has 0 amide bonds. The third-order valence-electron chi connectivity index (χ3n) is 2.57. The zero-order chi connectivity index (χ0) is 13.8. The number of hydrogen-bond acceptors (Lipinski definition) is 3. The van der Waals surface area contributed by atoms with Gasteiger partial charge in [-0.3, -0.25) is 0 Å². The van der Waals surface area contributed by atoms with Gasteiger partial charge in [-0.2, -0.15) is 5.26 Å². The van der Waals surface area contributed by atoms with Gasteiger partial charge < -0.3 is 10.4 Å². The topological polar surface area (TPSA) is 56.0 Å². The van der Waals surface area contributed by atoms with E-state index in [0.717, 1.165) is 16.2 Å². The van der Waals surface area contributed by atoms with Crippen LogP contribution in [0.4, 0.5) is 10.1 Å². The van der Waals surface area contributed by atoms with E-state index in [4.69, 9.17) is 10.4 Å². The van der Waals surface area contributed by atoms with Crippen molar-refractivity contribution in [1.82, 2.24) is 0 Å². The SMILES string of the molecule is N#CC(Nc1cccc(Br)c1)c1ccc(O)c(F)c1. The van der Waals surface area contributed by atoms with E-state index < -0.39 is 17.6 Å². The Morgan fingerprint density at radius 3 is 2.68 bits per heavy atom. The van der Waals surface area contributed by atoms with Crippen molar-refractivity contribution in [3.8, 4) is 11.8 Å². The average molecular weight is 321 g/mol. The molecule has 2 aromatic rings. The summed E-state index contributed by atoms with van der Waals surface area (Å²) in [5, 5.41) is 21.3. The van der Waals surface area contributed by atoms with Crippen LogP contribution in [-0.2, 0) is 0 Å². The normalized spacial score (nSPS) is 11.6. The highest BCUT2D eigenvalue weighted by Gasteiger charge is 2.12. The van der Waals surface area contributed by atoms with Crippen LogP contribution in [0.3, 0.4) is 0 Å². The number of phenols is 1. The number of benzene rings is 2. The molecule has 0 saturated carbocycles. The van der Waals surface area contributed by atoms with Crippen molar-refractivity contribution < 1.29 is 9.50 Å². The first-order valence-corrected chi connectivity index (χ1v) is 6.29. The molecular weight excluding hydrogens is 311 g/mol. The lowest BCUT2D eigenvalue weighted by Gasteiger charge is -2.14. The Kier molecular flexibility index (Phi) is 4.03. The second kappa shape index (κ2) is 5.72. The van der Waals surface area contributed by atoms with E-state index in [1.54, 1.807) is 0 Å². The van der Waals surface area contributed by atoms with Crippen LogP contribution in [0.5, 0.6) is 5.75 Å². The first-order chi connectivity index (χ1) is 9.10. The summed E-state index contributed by atoms with van der Waals surface area (Å²) in [7, 11) is 0. The van der Waals surface area contributed by atoms with Crippen LogP contribution < -0.4 is 5.32 Å². The van der Waals surface area contributed by atoms with E-state index in [1.807, 2.05) is 24.3 Å². The van der Waals surface area contributed by atoms with Crippen molar-refractivity contribution >= 4 is 21.6 Å². The number of aromatic hydroxyl groups is 1. The van der Waals surface area contributed by atoms with Gasteiger partial charge in [0.25, 0.3) is 0 Å². The summed E-state index contributed by atoms with van der Waals surface area (Å²) in [6.07, 6.45) is 0. The van der Waals surface area contributed by atoms with Crippen LogP contribution in [0.25, 0.3) is 0 Å². The molecule has 0 heterocycles. The van der Waals surface area contributed by atoms with Gasteiger partial charge in [-0.15, -0.1) is 0 Å². The highest BCUT2D eigenvalue weighted by Crippen LogP contribution is 2.25. The minimum absolute atomic E-state index is 0.428. The fraction of sp³-hybridized carbons (Fsp3) is 0.0714. The van der Waals surface area contributed by atoms with Crippen LogP contribution >= 0.6 is 15.9 Å². The molecule has 2 rings (SSSR count). The van der Waals surface area contributed by atoms with Crippen molar-refractivity contribution in [2.75, 3.05) is 5.32 Å². The van der Waals surface area contributed by atoms with E-state index in [-0.39, 0.29) is 0 Å². The summed E-state index contributed by atoms with van der Waals surface area (Å²) in [4.78, 5) is 0. The fourth-order valence-corrected chi connectivity index (χ4v) is 2.04. The monoisotopic (exact) mass is 320 g/mol. The molecule has 2 aromatic carbocycles. The van der Waals surface area contributed by atoms with E-state index in [1.165, 1.54) is 12.1 Å². The molecule has 96 valence electrons. The van der Waals surface area contributed by atoms with Crippen LogP contribution in [0.2, 0.25) is 0 Å². The Hall–Kier alpha value is -2.06. The number of anilines is 1. The van der Waals surface area contributed by atoms with Gasteiger partial charge in [0.05, 0.1) is 6.07 Å². The maximum atomic E-state index is 13.3. The van der Waals surface area contributed by atoms with Crippen molar-refractivity contribution in [1.29, 1.82) is 5.26 Å². The lowest BCUT2D eigenvalue weighted by molar-refractivity contribution is 0.431. The molecule has 0 aliphatic heterocycles. The summed E-state index contributed by atoms with van der Waals surface area (Å²) >= 11 is 3.34. The molecule has 0 spiro atoms. The van der Waals surface area contributed by atoms with Crippen LogP contribution in [0, 0.1) is 17.1 Å². The van der Waals surface area contributed by atoms with Crippen LogP contribution in [-0.4, -0.2) is 5.11 Å². The van der Waals surface area contributed by atoms with Gasteiger partial charge in [-0.25, -0.2) is 4.39 Å². The van der Waals surface area contributed by atoms with E-state index in [0.29, 0.717) is 5.56 Å². The molecule has 1 unspecified atom stereocenters. The molecule has 0 fully saturated rings. The standard InChI is InChI=1S/C14H10BrFN2O/c15-10-2-1-3-11(7-10)18-13(8-17)9-4-5-14(19)12(16)6-9/h1-7,13,18-19H. The van der Waals surface area contributed by atoms with E-state index >= 15 is 0 Å². The summed E-state index contributed by atoms with van der Waals surface area (Å²) < 4.78 is 14.2. The molecule has 1 atom stereocenters. The molecule has 2 N–H and O–H groups in total. The van der Waals surface area contributed by atoms with Crippen molar-refractivity contribution in [3.63, 3.8) is 0 Å². The van der Waals surface area contributed by atoms with Gasteiger partial charge in [0.2, 0.25) is 0 Å². The minimum atomic E-state index is -0.742. The van der Waals surface area contributed by atoms with Crippen LogP contribution in [0.15, 0.2) is 46.9 Å². The van der Waals surface area contributed by atoms with Gasteiger partial charge in [-0.1, -0.05) is 28.1 Å². The lowest BCUT2D eigenvalue weighted by Crippen LogP contribution is -2.08. The highest BCUT2D eigenvalue weighted by atomic mass is 79.9. The zero-order valence-corrected chi connectivity index (χ0v) is 11.4. The molecule has 3 nitrogen and oxygen atoms in total. The Balaban J connectivity index is 2.25. The Labute approximate surface area is 118 Å². The second-order valence-electron chi connectivity index (χ2n) is 3.93. The van der Waals surface area contributed by atoms with Gasteiger partial charge in [0.1, 0.15) is 6.04 Å². The number of hydrogen-bond donors (Lipinski definition) is 2. The number of rotatable bonds is 3. The molecule has 0 saturated heterocycles. The Morgan fingerprint density at radius 2 is 2.05 bits per heavy atom. The summed E-state index contributed by atoms with van der Waals surface area (Å²) in [6.45, 7) is 0. The Morgan fingerprint density at radius 1 is 1.26 bits per heavy atom. The number of halogens is 2. The molecule has 0 aliphatic rings. The smallest absolute Gasteiger partial charge is 0.165 e. The first-order valence-electron chi connectivity index (χ1n) is 5.50. The third kappa shape index (κ3) is 3.24. The number of phenolic OH excluding ortho intramolecular Hbond substituents is 1. The molecule has 19 heavy (non-hydrogen) atoms. The summed E-state index contributed by atoms with van der Waals surface area (Å²) in [5.41, 5.74) is 1.20. The quantitative estimate of drug-likeness (QED) is 0.899. The predicted molar refractivity (Wildman–Crippen MR) is 74.2 cm³/mol. The number of nitrogens with zero attached hydrogens (tertiary/aromatic N) is 1. The van der Waals surface area contributed by atoms with Gasteiger partial charge in [0.15, 0.2) is 11.6 Å². The average Bonchev–Trinajstić information content (AvgIpc) is 2.39. The first kappa shape index (κ1) is 13.4. The van der Waals surface area contributed by atoms with Gasteiger partial charge in [0, 0.05) is 10.2 Å². The molecule has 5 heteroatoms. The highest BCUT2D eigenvalue weighted by molar-refractivity contribution is 9.10. The van der Waals surface area contributed by atoms with Crippen molar-refractivity contribution in [3.05, 3.63) is 58.3 Å². The molecule has 0 bridgehead atoms. The van der Waals surface area contributed by atoms with E-state index in [2.05, 4.69) is 27.3 Å². The van der Waals surface area contributed by atoms with Crippen molar-refractivity contribution in [2.45, 2.75) is 6.04 Å². The number of nitriles is 1. The lowest BCUT2D eigenvalue weighted by atomic mass is 10.1. The molecular formula is C14H10BrFN2O. The summed E-state index contributed by atoms with van der Waals surface area (Å²) in [6, 6.07) is 12.6. The second-order valence-corrected chi connectivity index (χ2v) is 4.84. The van der Waals surface area contributed by atoms with Crippen molar-refractivity contribution in [2.24, 2.45) is 0 Å². The minimum Gasteiger partial charge on any atom is -0.505 e.